The van der Waals surface area contributed by atoms with E-state index in [0.29, 0.717) is 19.4 Å². The van der Waals surface area contributed by atoms with E-state index in [0.717, 1.165) is 17.7 Å². The highest BCUT2D eigenvalue weighted by molar-refractivity contribution is 7.10. The number of amidine groups is 1. The molecule has 1 rings (SSSR count). The summed E-state index contributed by atoms with van der Waals surface area (Å²) in [5.41, 5.74) is 5.32. The number of nitrogens with zero attached hydrogens (tertiary/aromatic N) is 1. The van der Waals surface area contributed by atoms with Gasteiger partial charge in [-0.1, -0.05) is 11.2 Å². The highest BCUT2D eigenvalue weighted by Crippen LogP contribution is 2.08. The van der Waals surface area contributed by atoms with E-state index < -0.39 is 0 Å². The summed E-state index contributed by atoms with van der Waals surface area (Å²) in [5.74, 6) is 0.270. The number of amides is 1. The first-order valence-corrected chi connectivity index (χ1v) is 6.36. The van der Waals surface area contributed by atoms with Crippen LogP contribution in [-0.2, 0) is 11.2 Å². The van der Waals surface area contributed by atoms with Gasteiger partial charge >= 0.3 is 0 Å². The lowest BCUT2D eigenvalue weighted by Gasteiger charge is -2.03. The molecule has 5 nitrogen and oxygen atoms in total. The van der Waals surface area contributed by atoms with Crippen LogP contribution < -0.4 is 11.1 Å². The van der Waals surface area contributed by atoms with Gasteiger partial charge in [0.15, 0.2) is 0 Å². The van der Waals surface area contributed by atoms with Crippen molar-refractivity contribution in [2.24, 2.45) is 10.9 Å². The van der Waals surface area contributed by atoms with Crippen molar-refractivity contribution in [2.45, 2.75) is 25.7 Å². The Kier molecular flexibility index (Phi) is 6.09. The van der Waals surface area contributed by atoms with Crippen LogP contribution in [0.3, 0.4) is 0 Å². The molecule has 0 saturated carbocycles. The maximum atomic E-state index is 11.5. The first-order chi connectivity index (χ1) is 8.22. The molecule has 17 heavy (non-hydrogen) atoms. The van der Waals surface area contributed by atoms with Gasteiger partial charge < -0.3 is 16.3 Å². The lowest BCUT2D eigenvalue weighted by Crippen LogP contribution is -2.26. The Morgan fingerprint density at radius 3 is 3.00 bits per heavy atom. The van der Waals surface area contributed by atoms with E-state index in [9.17, 15) is 4.79 Å². The summed E-state index contributed by atoms with van der Waals surface area (Å²) in [6, 6.07) is 3.88. The van der Waals surface area contributed by atoms with E-state index in [1.807, 2.05) is 17.5 Å². The topological polar surface area (TPSA) is 87.7 Å². The Hall–Kier alpha value is -1.56. The van der Waals surface area contributed by atoms with Gasteiger partial charge in [0.2, 0.25) is 5.91 Å². The summed E-state index contributed by atoms with van der Waals surface area (Å²) in [4.78, 5) is 12.5. The Morgan fingerprint density at radius 1 is 1.53 bits per heavy atom. The Labute approximate surface area is 104 Å². The van der Waals surface area contributed by atoms with Crippen molar-refractivity contribution in [1.29, 1.82) is 0 Å². The highest BCUT2D eigenvalue weighted by Gasteiger charge is 2.03. The highest BCUT2D eigenvalue weighted by atomic mass is 32.1. The molecule has 0 radical (unpaired) electrons. The number of nitrogens with two attached hydrogens (primary N) is 1. The van der Waals surface area contributed by atoms with Gasteiger partial charge in [-0.25, -0.2) is 0 Å². The van der Waals surface area contributed by atoms with Gasteiger partial charge in [-0.2, -0.15) is 0 Å². The van der Waals surface area contributed by atoms with Crippen LogP contribution in [0.15, 0.2) is 22.7 Å². The number of nitrogens with one attached hydrogen (secondary N) is 1. The molecule has 1 amide bonds. The third-order valence-electron chi connectivity index (χ3n) is 2.23. The molecule has 0 saturated heterocycles. The summed E-state index contributed by atoms with van der Waals surface area (Å²) in [6.07, 6.45) is 2.62. The van der Waals surface area contributed by atoms with Crippen molar-refractivity contribution in [3.8, 4) is 0 Å². The van der Waals surface area contributed by atoms with E-state index in [2.05, 4.69) is 10.5 Å². The molecule has 0 fully saturated rings. The second-order valence-corrected chi connectivity index (χ2v) is 4.69. The zero-order valence-corrected chi connectivity index (χ0v) is 10.4. The van der Waals surface area contributed by atoms with Crippen LogP contribution in [0, 0.1) is 0 Å². The van der Waals surface area contributed by atoms with Crippen LogP contribution in [0.5, 0.6) is 0 Å². The summed E-state index contributed by atoms with van der Waals surface area (Å²) in [5, 5.41) is 16.0. The van der Waals surface area contributed by atoms with Crippen molar-refractivity contribution in [3.63, 3.8) is 0 Å². The van der Waals surface area contributed by atoms with Crippen molar-refractivity contribution in [1.82, 2.24) is 5.32 Å². The molecule has 0 aliphatic heterocycles. The Bertz CT molecular complexity index is 363. The average Bonchev–Trinajstić information content (AvgIpc) is 2.81. The molecule has 0 unspecified atom stereocenters. The molecule has 4 N–H and O–H groups in total. The summed E-state index contributed by atoms with van der Waals surface area (Å²) >= 11 is 1.58. The van der Waals surface area contributed by atoms with Crippen molar-refractivity contribution >= 4 is 23.1 Å². The molecule has 0 aliphatic carbocycles. The zero-order chi connectivity index (χ0) is 12.5. The van der Waals surface area contributed by atoms with Gasteiger partial charge in [0.05, 0.1) is 6.42 Å². The fourth-order valence-corrected chi connectivity index (χ4v) is 2.05. The molecule has 94 valence electrons. The fraction of sp³-hybridized carbons (Fsp3) is 0.455. The van der Waals surface area contributed by atoms with Crippen LogP contribution in [0.1, 0.15) is 24.1 Å². The predicted octanol–water partition coefficient (Wildman–Crippen LogP) is 1.32. The van der Waals surface area contributed by atoms with E-state index in [4.69, 9.17) is 10.9 Å². The van der Waals surface area contributed by atoms with Crippen LogP contribution in [-0.4, -0.2) is 23.5 Å². The fourth-order valence-electron chi connectivity index (χ4n) is 1.34. The number of thiophene rings is 1. The third kappa shape index (κ3) is 5.91. The van der Waals surface area contributed by atoms with Gasteiger partial charge in [0.1, 0.15) is 5.84 Å². The molecule has 1 heterocycles. The molecule has 1 aromatic rings. The Morgan fingerprint density at radius 2 is 2.35 bits per heavy atom. The normalized spacial score (nSPS) is 11.4. The van der Waals surface area contributed by atoms with Gasteiger partial charge in [-0.3, -0.25) is 4.79 Å². The Balaban J connectivity index is 2.05. The maximum absolute atomic E-state index is 11.5. The van der Waals surface area contributed by atoms with Gasteiger partial charge in [0, 0.05) is 17.8 Å². The maximum Gasteiger partial charge on any atom is 0.225 e. The summed E-state index contributed by atoms with van der Waals surface area (Å²) in [7, 11) is 0. The second kappa shape index (κ2) is 7.67. The molecular formula is C11H17N3O2S. The SMILES string of the molecule is NC(CCCCNC(=O)Cc1cccs1)=NO. The van der Waals surface area contributed by atoms with Gasteiger partial charge in [0.25, 0.3) is 0 Å². The molecule has 6 heteroatoms. The first-order valence-electron chi connectivity index (χ1n) is 5.48. The summed E-state index contributed by atoms with van der Waals surface area (Å²) < 4.78 is 0. The number of hydrogen-bond donors (Lipinski definition) is 3. The van der Waals surface area contributed by atoms with Crippen molar-refractivity contribution in [3.05, 3.63) is 22.4 Å². The van der Waals surface area contributed by atoms with Gasteiger partial charge in [-0.05, 0) is 24.3 Å². The zero-order valence-electron chi connectivity index (χ0n) is 9.56. The molecule has 1 aromatic heterocycles. The largest absolute Gasteiger partial charge is 0.409 e. The molecule has 0 spiro atoms. The number of carbonyl (C=O) groups is 1. The minimum Gasteiger partial charge on any atom is -0.409 e. The minimum absolute atomic E-state index is 0.0382. The number of rotatable bonds is 7. The lowest BCUT2D eigenvalue weighted by molar-refractivity contribution is -0.120. The molecule has 0 bridgehead atoms. The second-order valence-electron chi connectivity index (χ2n) is 3.65. The third-order valence-corrected chi connectivity index (χ3v) is 3.10. The standard InChI is InChI=1S/C11H17N3O2S/c12-10(14-16)5-1-2-6-13-11(15)8-9-4-3-7-17-9/h3-4,7,16H,1-2,5-6,8H2,(H2,12,14)(H,13,15). The van der Waals surface area contributed by atoms with Crippen LogP contribution in [0.2, 0.25) is 0 Å². The van der Waals surface area contributed by atoms with Crippen molar-refractivity contribution in [2.75, 3.05) is 6.54 Å². The first kappa shape index (κ1) is 13.5. The van der Waals surface area contributed by atoms with E-state index in [1.165, 1.54) is 0 Å². The molecule has 0 atom stereocenters. The number of carbonyl (C=O) groups excluding carboxylic acids is 1. The van der Waals surface area contributed by atoms with Crippen LogP contribution in [0.4, 0.5) is 0 Å². The molecule has 0 aromatic carbocycles. The van der Waals surface area contributed by atoms with Crippen LogP contribution in [0.25, 0.3) is 0 Å². The number of unbranched alkanes of at least 4 members (excludes halogenated alkanes) is 1. The smallest absolute Gasteiger partial charge is 0.225 e. The van der Waals surface area contributed by atoms with E-state index in [1.54, 1.807) is 11.3 Å². The molecule has 0 aliphatic rings. The number of hydrogen-bond acceptors (Lipinski definition) is 4. The molecular weight excluding hydrogens is 238 g/mol. The number of oxime groups is 1. The average molecular weight is 255 g/mol. The van der Waals surface area contributed by atoms with Gasteiger partial charge in [-0.15, -0.1) is 11.3 Å². The van der Waals surface area contributed by atoms with E-state index >= 15 is 0 Å². The minimum atomic E-state index is 0.0382. The summed E-state index contributed by atoms with van der Waals surface area (Å²) in [6.45, 7) is 0.628. The van der Waals surface area contributed by atoms with Crippen molar-refractivity contribution < 1.29 is 10.0 Å². The predicted molar refractivity (Wildman–Crippen MR) is 68.3 cm³/mol. The quantitative estimate of drug-likeness (QED) is 0.226. The van der Waals surface area contributed by atoms with E-state index in [-0.39, 0.29) is 11.7 Å². The van der Waals surface area contributed by atoms with Crippen LogP contribution >= 0.6 is 11.3 Å². The monoisotopic (exact) mass is 255 g/mol. The lowest BCUT2D eigenvalue weighted by atomic mass is 10.2.